The zero-order valence-corrected chi connectivity index (χ0v) is 11.2. The van der Waals surface area contributed by atoms with Crippen LogP contribution in [0.3, 0.4) is 0 Å². The first-order valence-corrected chi connectivity index (χ1v) is 6.75. The number of hydrogen-bond donors (Lipinski definition) is 2. The molecule has 1 unspecified atom stereocenters. The van der Waals surface area contributed by atoms with E-state index in [0.717, 1.165) is 37.1 Å². The number of benzene rings is 1. The van der Waals surface area contributed by atoms with Gasteiger partial charge in [-0.2, -0.15) is 5.26 Å². The molecular weight excluding hydrogens is 238 g/mol. The van der Waals surface area contributed by atoms with Gasteiger partial charge in [-0.25, -0.2) is 0 Å². The van der Waals surface area contributed by atoms with Crippen LogP contribution in [0.2, 0.25) is 0 Å². The molecule has 1 amide bonds. The number of carbonyl (C=O) groups excluding carboxylic acids is 1. The van der Waals surface area contributed by atoms with Crippen molar-refractivity contribution >= 4 is 11.6 Å². The van der Waals surface area contributed by atoms with Crippen molar-refractivity contribution in [2.24, 2.45) is 0 Å². The van der Waals surface area contributed by atoms with Gasteiger partial charge in [0, 0.05) is 5.69 Å². The second-order valence-corrected chi connectivity index (χ2v) is 4.99. The third-order valence-corrected chi connectivity index (χ3v) is 3.50. The molecule has 0 saturated carbocycles. The Balaban J connectivity index is 2.07. The van der Waals surface area contributed by atoms with Crippen molar-refractivity contribution in [3.05, 3.63) is 29.3 Å². The summed E-state index contributed by atoms with van der Waals surface area (Å²) in [6.07, 6.45) is 4.28. The molecule has 1 aromatic carbocycles. The molecule has 1 saturated heterocycles. The summed E-state index contributed by atoms with van der Waals surface area (Å²) in [5, 5.41) is 15.1. The van der Waals surface area contributed by atoms with E-state index in [1.54, 1.807) is 12.1 Å². The predicted octanol–water partition coefficient (Wildman–Crippen LogP) is 2.34. The van der Waals surface area contributed by atoms with Crippen LogP contribution in [-0.4, -0.2) is 18.5 Å². The van der Waals surface area contributed by atoms with Gasteiger partial charge < -0.3 is 10.6 Å². The van der Waals surface area contributed by atoms with Crippen LogP contribution in [0.15, 0.2) is 18.2 Å². The standard InChI is InChI=1S/C15H19N3O/c1-11-6-7-12(10-16)9-14(11)18-15(19)13-5-3-2-4-8-17-13/h6-7,9,13,17H,2-5,8H2,1H3,(H,18,19). The lowest BCUT2D eigenvalue weighted by molar-refractivity contribution is -0.118. The van der Waals surface area contributed by atoms with Crippen molar-refractivity contribution in [3.8, 4) is 6.07 Å². The third kappa shape index (κ3) is 3.55. The first kappa shape index (κ1) is 13.6. The van der Waals surface area contributed by atoms with Gasteiger partial charge >= 0.3 is 0 Å². The summed E-state index contributed by atoms with van der Waals surface area (Å²) in [6.45, 7) is 2.83. The van der Waals surface area contributed by atoms with Crippen LogP contribution in [0.5, 0.6) is 0 Å². The molecule has 19 heavy (non-hydrogen) atoms. The minimum Gasteiger partial charge on any atom is -0.324 e. The van der Waals surface area contributed by atoms with Gasteiger partial charge in [-0.3, -0.25) is 4.79 Å². The lowest BCUT2D eigenvalue weighted by Crippen LogP contribution is -2.40. The van der Waals surface area contributed by atoms with Crippen molar-refractivity contribution in [3.63, 3.8) is 0 Å². The van der Waals surface area contributed by atoms with E-state index in [1.807, 2.05) is 13.0 Å². The highest BCUT2D eigenvalue weighted by molar-refractivity contribution is 5.95. The first-order chi connectivity index (χ1) is 9.20. The fourth-order valence-electron chi connectivity index (χ4n) is 2.30. The lowest BCUT2D eigenvalue weighted by atomic mass is 10.1. The summed E-state index contributed by atoms with van der Waals surface area (Å²) in [5.41, 5.74) is 2.27. The van der Waals surface area contributed by atoms with Crippen LogP contribution in [0, 0.1) is 18.3 Å². The molecule has 0 bridgehead atoms. The zero-order chi connectivity index (χ0) is 13.7. The fraction of sp³-hybridized carbons (Fsp3) is 0.467. The molecule has 1 atom stereocenters. The maximum Gasteiger partial charge on any atom is 0.241 e. The minimum absolute atomic E-state index is 0.0000831. The van der Waals surface area contributed by atoms with Gasteiger partial charge in [0.1, 0.15) is 0 Å². The van der Waals surface area contributed by atoms with Crippen LogP contribution in [0.1, 0.15) is 36.8 Å². The van der Waals surface area contributed by atoms with E-state index >= 15 is 0 Å². The number of anilines is 1. The van der Waals surface area contributed by atoms with E-state index in [0.29, 0.717) is 5.56 Å². The number of rotatable bonds is 2. The van der Waals surface area contributed by atoms with Gasteiger partial charge in [0.25, 0.3) is 0 Å². The van der Waals surface area contributed by atoms with Crippen LogP contribution >= 0.6 is 0 Å². The molecule has 4 heteroatoms. The van der Waals surface area contributed by atoms with Gasteiger partial charge in [-0.1, -0.05) is 18.9 Å². The van der Waals surface area contributed by atoms with E-state index in [2.05, 4.69) is 16.7 Å². The SMILES string of the molecule is Cc1ccc(C#N)cc1NC(=O)C1CCCCCN1. The van der Waals surface area contributed by atoms with Gasteiger partial charge in [0.15, 0.2) is 0 Å². The average Bonchev–Trinajstić information content (AvgIpc) is 2.70. The van der Waals surface area contributed by atoms with E-state index in [1.165, 1.54) is 6.42 Å². The fourth-order valence-corrected chi connectivity index (χ4v) is 2.30. The summed E-state index contributed by atoms with van der Waals surface area (Å²) < 4.78 is 0. The molecule has 1 aliphatic rings. The molecule has 1 aliphatic heterocycles. The van der Waals surface area contributed by atoms with Gasteiger partial charge in [0.2, 0.25) is 5.91 Å². The van der Waals surface area contributed by atoms with Crippen molar-refractivity contribution in [1.29, 1.82) is 5.26 Å². The Bertz CT molecular complexity index is 497. The maximum atomic E-state index is 12.2. The summed E-state index contributed by atoms with van der Waals surface area (Å²) in [7, 11) is 0. The number of amides is 1. The van der Waals surface area contributed by atoms with E-state index in [4.69, 9.17) is 5.26 Å². The molecule has 0 aliphatic carbocycles. The molecule has 1 heterocycles. The Kier molecular flexibility index (Phi) is 4.53. The molecule has 100 valence electrons. The van der Waals surface area contributed by atoms with Gasteiger partial charge in [-0.15, -0.1) is 0 Å². The van der Waals surface area contributed by atoms with Crippen molar-refractivity contribution < 1.29 is 4.79 Å². The Morgan fingerprint density at radius 2 is 2.26 bits per heavy atom. The Morgan fingerprint density at radius 3 is 3.05 bits per heavy atom. The van der Waals surface area contributed by atoms with E-state index < -0.39 is 0 Å². The summed E-state index contributed by atoms with van der Waals surface area (Å²) >= 11 is 0. The molecule has 1 aromatic rings. The highest BCUT2D eigenvalue weighted by Crippen LogP contribution is 2.18. The lowest BCUT2D eigenvalue weighted by Gasteiger charge is -2.16. The van der Waals surface area contributed by atoms with Gasteiger partial charge in [0.05, 0.1) is 17.7 Å². The largest absolute Gasteiger partial charge is 0.324 e. The molecule has 0 radical (unpaired) electrons. The average molecular weight is 257 g/mol. The Morgan fingerprint density at radius 1 is 1.42 bits per heavy atom. The molecule has 2 rings (SSSR count). The van der Waals surface area contributed by atoms with Crippen LogP contribution in [0.4, 0.5) is 5.69 Å². The first-order valence-electron chi connectivity index (χ1n) is 6.75. The zero-order valence-electron chi connectivity index (χ0n) is 11.2. The quantitative estimate of drug-likeness (QED) is 0.854. The third-order valence-electron chi connectivity index (χ3n) is 3.50. The molecule has 1 fully saturated rings. The van der Waals surface area contributed by atoms with E-state index in [9.17, 15) is 4.79 Å². The highest BCUT2D eigenvalue weighted by Gasteiger charge is 2.19. The summed E-state index contributed by atoms with van der Waals surface area (Å²) in [4.78, 5) is 12.2. The molecular formula is C15H19N3O. The number of hydrogen-bond acceptors (Lipinski definition) is 3. The van der Waals surface area contributed by atoms with Crippen molar-refractivity contribution in [1.82, 2.24) is 5.32 Å². The number of carbonyl (C=O) groups is 1. The number of nitrogens with one attached hydrogen (secondary N) is 2. The normalized spacial score (nSPS) is 19.3. The number of aryl methyl sites for hydroxylation is 1. The Labute approximate surface area is 113 Å². The molecule has 0 spiro atoms. The minimum atomic E-state index is -0.118. The molecule has 4 nitrogen and oxygen atoms in total. The summed E-state index contributed by atoms with van der Waals surface area (Å²) in [6, 6.07) is 7.31. The van der Waals surface area contributed by atoms with Crippen LogP contribution in [0.25, 0.3) is 0 Å². The van der Waals surface area contributed by atoms with Gasteiger partial charge in [-0.05, 0) is 44.0 Å². The maximum absolute atomic E-state index is 12.2. The topological polar surface area (TPSA) is 64.9 Å². The second kappa shape index (κ2) is 6.35. The highest BCUT2D eigenvalue weighted by atomic mass is 16.2. The van der Waals surface area contributed by atoms with Crippen molar-refractivity contribution in [2.45, 2.75) is 38.6 Å². The monoisotopic (exact) mass is 257 g/mol. The molecule has 0 aromatic heterocycles. The molecule has 2 N–H and O–H groups in total. The van der Waals surface area contributed by atoms with Crippen molar-refractivity contribution in [2.75, 3.05) is 11.9 Å². The Hall–Kier alpha value is -1.86. The van der Waals surface area contributed by atoms with E-state index in [-0.39, 0.29) is 11.9 Å². The van der Waals surface area contributed by atoms with Crippen LogP contribution in [-0.2, 0) is 4.79 Å². The smallest absolute Gasteiger partial charge is 0.241 e. The predicted molar refractivity (Wildman–Crippen MR) is 74.8 cm³/mol. The number of nitrogens with zero attached hydrogens (tertiary/aromatic N) is 1. The second-order valence-electron chi connectivity index (χ2n) is 4.99. The number of nitriles is 1. The summed E-state index contributed by atoms with van der Waals surface area (Å²) in [5.74, 6) is 0.0000831. The van der Waals surface area contributed by atoms with Crippen LogP contribution < -0.4 is 10.6 Å².